The molecule has 0 amide bonds. The molecule has 0 heterocycles. The van der Waals surface area contributed by atoms with Gasteiger partial charge in [-0.2, -0.15) is 0 Å². The minimum atomic E-state index is 0.727. The highest BCUT2D eigenvalue weighted by Crippen LogP contribution is 2.75. The van der Waals surface area contributed by atoms with Gasteiger partial charge in [0.25, 0.3) is 0 Å². The fourth-order valence-electron chi connectivity index (χ4n) is 2.26. The molecular weight excluding hydrogens is 168 g/mol. The van der Waals surface area contributed by atoms with Crippen LogP contribution >= 0.6 is 11.6 Å². The second-order valence-corrected chi connectivity index (χ2v) is 4.55. The van der Waals surface area contributed by atoms with Crippen LogP contribution < -0.4 is 0 Å². The zero-order valence-electron chi connectivity index (χ0n) is 6.89. The first kappa shape index (κ1) is 6.97. The summed E-state index contributed by atoms with van der Waals surface area (Å²) in [7, 11) is 0. The molecule has 0 radical (unpaired) electrons. The molecule has 0 saturated heterocycles. The first-order valence-electron chi connectivity index (χ1n) is 4.56. The Morgan fingerprint density at radius 1 is 1.25 bits per heavy atom. The zero-order chi connectivity index (χ0) is 8.18. The Hall–Kier alpha value is -0.490. The Morgan fingerprint density at radius 2 is 2.00 bits per heavy atom. The maximum absolute atomic E-state index is 6.11. The van der Waals surface area contributed by atoms with Crippen molar-refractivity contribution in [1.29, 1.82) is 0 Å². The van der Waals surface area contributed by atoms with E-state index < -0.39 is 0 Å². The van der Waals surface area contributed by atoms with Gasteiger partial charge in [-0.3, -0.25) is 0 Å². The van der Waals surface area contributed by atoms with Crippen LogP contribution in [0.5, 0.6) is 0 Å². The minimum Gasteiger partial charge on any atom is -0.0840 e. The summed E-state index contributed by atoms with van der Waals surface area (Å²) in [5.41, 5.74) is 2.11. The van der Waals surface area contributed by atoms with E-state index in [1.54, 1.807) is 0 Å². The van der Waals surface area contributed by atoms with Crippen molar-refractivity contribution in [2.45, 2.75) is 25.2 Å². The molecule has 1 aromatic carbocycles. The standard InChI is InChI=1S/C11H11Cl/c12-10-4-2-1-3-8(10)9-7-11(9)5-6-11/h1-4,9H,5-7H2. The molecule has 1 aromatic rings. The summed E-state index contributed by atoms with van der Waals surface area (Å²) in [6.07, 6.45) is 4.25. The molecule has 0 aliphatic heterocycles. The summed E-state index contributed by atoms with van der Waals surface area (Å²) in [6.45, 7) is 0. The van der Waals surface area contributed by atoms with Gasteiger partial charge in [-0.1, -0.05) is 29.8 Å². The van der Waals surface area contributed by atoms with E-state index in [9.17, 15) is 0 Å². The lowest BCUT2D eigenvalue weighted by Crippen LogP contribution is -1.83. The molecule has 62 valence electrons. The van der Waals surface area contributed by atoms with Crippen LogP contribution in [-0.2, 0) is 0 Å². The van der Waals surface area contributed by atoms with Crippen molar-refractivity contribution in [2.75, 3.05) is 0 Å². The minimum absolute atomic E-state index is 0.727. The van der Waals surface area contributed by atoms with Crippen LogP contribution in [0.1, 0.15) is 30.7 Å². The Bertz CT molecular complexity index is 326. The second kappa shape index (κ2) is 2.05. The van der Waals surface area contributed by atoms with Crippen LogP contribution in [0.25, 0.3) is 0 Å². The summed E-state index contributed by atoms with van der Waals surface area (Å²) in [6, 6.07) is 8.29. The van der Waals surface area contributed by atoms with Gasteiger partial charge in [0.2, 0.25) is 0 Å². The van der Waals surface area contributed by atoms with Crippen molar-refractivity contribution < 1.29 is 0 Å². The Morgan fingerprint density at radius 3 is 2.58 bits per heavy atom. The summed E-state index contributed by atoms with van der Waals surface area (Å²) < 4.78 is 0. The molecule has 2 aliphatic carbocycles. The van der Waals surface area contributed by atoms with Crippen LogP contribution in [0.15, 0.2) is 24.3 Å². The van der Waals surface area contributed by atoms with E-state index in [2.05, 4.69) is 12.1 Å². The summed E-state index contributed by atoms with van der Waals surface area (Å²) >= 11 is 6.11. The zero-order valence-corrected chi connectivity index (χ0v) is 7.64. The number of halogens is 1. The lowest BCUT2D eigenvalue weighted by atomic mass is 10.1. The van der Waals surface area contributed by atoms with Gasteiger partial charge < -0.3 is 0 Å². The molecule has 1 unspecified atom stereocenters. The van der Waals surface area contributed by atoms with Gasteiger partial charge in [-0.05, 0) is 42.2 Å². The molecule has 2 aliphatic rings. The number of hydrogen-bond donors (Lipinski definition) is 0. The van der Waals surface area contributed by atoms with Crippen LogP contribution in [0.3, 0.4) is 0 Å². The molecule has 3 rings (SSSR count). The van der Waals surface area contributed by atoms with Crippen molar-refractivity contribution in [3.8, 4) is 0 Å². The van der Waals surface area contributed by atoms with Crippen LogP contribution in [0, 0.1) is 5.41 Å². The molecule has 2 fully saturated rings. The lowest BCUT2D eigenvalue weighted by molar-refractivity contribution is 0.840. The predicted octanol–water partition coefficient (Wildman–Crippen LogP) is 3.61. The first-order chi connectivity index (χ1) is 5.82. The van der Waals surface area contributed by atoms with E-state index in [0.29, 0.717) is 0 Å². The molecule has 0 nitrogen and oxygen atoms in total. The highest BCUT2D eigenvalue weighted by molar-refractivity contribution is 6.31. The van der Waals surface area contributed by atoms with Crippen LogP contribution in [0.2, 0.25) is 5.02 Å². The van der Waals surface area contributed by atoms with Crippen molar-refractivity contribution in [2.24, 2.45) is 5.41 Å². The lowest BCUT2D eigenvalue weighted by Gasteiger charge is -2.00. The topological polar surface area (TPSA) is 0 Å². The molecule has 0 bridgehead atoms. The van der Waals surface area contributed by atoms with Gasteiger partial charge in [-0.25, -0.2) is 0 Å². The maximum atomic E-state index is 6.11. The maximum Gasteiger partial charge on any atom is 0.0441 e. The second-order valence-electron chi connectivity index (χ2n) is 4.14. The molecular formula is C11H11Cl. The van der Waals surface area contributed by atoms with E-state index in [1.807, 2.05) is 12.1 Å². The molecule has 1 atom stereocenters. The fraction of sp³-hybridized carbons (Fsp3) is 0.455. The van der Waals surface area contributed by atoms with Crippen molar-refractivity contribution in [3.63, 3.8) is 0 Å². The van der Waals surface area contributed by atoms with Gasteiger partial charge in [0.15, 0.2) is 0 Å². The highest BCUT2D eigenvalue weighted by Gasteiger charge is 2.63. The number of benzene rings is 1. The van der Waals surface area contributed by atoms with Gasteiger partial charge in [0, 0.05) is 5.02 Å². The fourth-order valence-corrected chi connectivity index (χ4v) is 2.53. The molecule has 12 heavy (non-hydrogen) atoms. The molecule has 0 aromatic heterocycles. The normalized spacial score (nSPS) is 28.9. The Labute approximate surface area is 77.5 Å². The molecule has 0 N–H and O–H groups in total. The SMILES string of the molecule is Clc1ccccc1C1CC12CC2. The van der Waals surface area contributed by atoms with E-state index in [0.717, 1.165) is 16.4 Å². The van der Waals surface area contributed by atoms with Crippen LogP contribution in [0.4, 0.5) is 0 Å². The highest BCUT2D eigenvalue weighted by atomic mass is 35.5. The van der Waals surface area contributed by atoms with Gasteiger partial charge in [0.05, 0.1) is 0 Å². The van der Waals surface area contributed by atoms with Crippen molar-refractivity contribution >= 4 is 11.6 Å². The van der Waals surface area contributed by atoms with E-state index in [-0.39, 0.29) is 0 Å². The average molecular weight is 179 g/mol. The van der Waals surface area contributed by atoms with Gasteiger partial charge in [-0.15, -0.1) is 0 Å². The molecule has 2 saturated carbocycles. The Balaban J connectivity index is 1.97. The third-order valence-electron chi connectivity index (χ3n) is 3.36. The third kappa shape index (κ3) is 0.847. The van der Waals surface area contributed by atoms with Gasteiger partial charge >= 0.3 is 0 Å². The van der Waals surface area contributed by atoms with Crippen LogP contribution in [-0.4, -0.2) is 0 Å². The largest absolute Gasteiger partial charge is 0.0840 e. The van der Waals surface area contributed by atoms with Crippen molar-refractivity contribution in [3.05, 3.63) is 34.9 Å². The quantitative estimate of drug-likeness (QED) is 0.617. The summed E-state index contributed by atoms with van der Waals surface area (Å²) in [5, 5.41) is 0.964. The predicted molar refractivity (Wildman–Crippen MR) is 50.5 cm³/mol. The number of rotatable bonds is 1. The average Bonchev–Trinajstić information content (AvgIpc) is 2.95. The van der Waals surface area contributed by atoms with E-state index in [1.165, 1.54) is 24.8 Å². The van der Waals surface area contributed by atoms with E-state index >= 15 is 0 Å². The number of hydrogen-bond acceptors (Lipinski definition) is 0. The summed E-state index contributed by atoms with van der Waals surface area (Å²) in [5.74, 6) is 0.797. The van der Waals surface area contributed by atoms with Crippen molar-refractivity contribution in [1.82, 2.24) is 0 Å². The molecule has 1 spiro atoms. The van der Waals surface area contributed by atoms with Gasteiger partial charge in [0.1, 0.15) is 0 Å². The molecule has 1 heteroatoms. The summed E-state index contributed by atoms with van der Waals surface area (Å²) in [4.78, 5) is 0. The first-order valence-corrected chi connectivity index (χ1v) is 4.94. The Kier molecular flexibility index (Phi) is 1.19. The smallest absolute Gasteiger partial charge is 0.0441 e. The monoisotopic (exact) mass is 178 g/mol. The van der Waals surface area contributed by atoms with E-state index in [4.69, 9.17) is 11.6 Å². The third-order valence-corrected chi connectivity index (χ3v) is 3.71.